The van der Waals surface area contributed by atoms with Crippen LogP contribution in [-0.2, 0) is 6.54 Å². The number of likely N-dealkylation sites (tertiary alicyclic amines) is 1. The van der Waals surface area contributed by atoms with Crippen LogP contribution in [0.25, 0.3) is 0 Å². The van der Waals surface area contributed by atoms with E-state index in [1.54, 1.807) is 6.92 Å². The highest BCUT2D eigenvalue weighted by atomic mass is 79.9. The van der Waals surface area contributed by atoms with Gasteiger partial charge in [0.05, 0.1) is 16.7 Å². The molecule has 5 heteroatoms. The van der Waals surface area contributed by atoms with Gasteiger partial charge in [0.1, 0.15) is 5.82 Å². The first-order valence-electron chi connectivity index (χ1n) is 5.07. The zero-order valence-electron chi connectivity index (χ0n) is 8.63. The Labute approximate surface area is 96.8 Å². The van der Waals surface area contributed by atoms with Crippen molar-refractivity contribution in [2.75, 3.05) is 13.1 Å². The van der Waals surface area contributed by atoms with Crippen molar-refractivity contribution in [3.05, 3.63) is 21.9 Å². The molecule has 2 heterocycles. The standard InChI is InChI=1S/C10H13BrFN3/c1-7-9(11)10(12)14-8(13-7)6-15-4-2-3-5-15/h2-6H2,1H3. The lowest BCUT2D eigenvalue weighted by atomic mass is 10.4. The van der Waals surface area contributed by atoms with Gasteiger partial charge in [-0.05, 0) is 48.8 Å². The lowest BCUT2D eigenvalue weighted by Crippen LogP contribution is -2.20. The second kappa shape index (κ2) is 4.53. The van der Waals surface area contributed by atoms with Crippen molar-refractivity contribution < 1.29 is 4.39 Å². The average molecular weight is 274 g/mol. The molecule has 3 nitrogen and oxygen atoms in total. The van der Waals surface area contributed by atoms with Gasteiger partial charge in [0.2, 0.25) is 5.95 Å². The minimum atomic E-state index is -0.461. The monoisotopic (exact) mass is 273 g/mol. The zero-order chi connectivity index (χ0) is 10.8. The molecule has 1 fully saturated rings. The molecule has 1 aliphatic rings. The van der Waals surface area contributed by atoms with Gasteiger partial charge in [-0.25, -0.2) is 9.97 Å². The van der Waals surface area contributed by atoms with Crippen molar-refractivity contribution in [3.8, 4) is 0 Å². The summed E-state index contributed by atoms with van der Waals surface area (Å²) < 4.78 is 13.7. The van der Waals surface area contributed by atoms with E-state index in [1.807, 2.05) is 0 Å². The predicted octanol–water partition coefficient (Wildman–Crippen LogP) is 2.28. The zero-order valence-corrected chi connectivity index (χ0v) is 10.2. The summed E-state index contributed by atoms with van der Waals surface area (Å²) in [6, 6.07) is 0. The SMILES string of the molecule is Cc1nc(CN2CCCC2)nc(F)c1Br. The first-order valence-corrected chi connectivity index (χ1v) is 5.87. The molecule has 2 rings (SSSR count). The Morgan fingerprint density at radius 1 is 1.33 bits per heavy atom. The molecule has 0 aromatic carbocycles. The van der Waals surface area contributed by atoms with Crippen molar-refractivity contribution in [1.29, 1.82) is 0 Å². The Bertz CT molecular complexity index is 341. The largest absolute Gasteiger partial charge is 0.296 e. The van der Waals surface area contributed by atoms with Gasteiger partial charge in [0.15, 0.2) is 0 Å². The fraction of sp³-hybridized carbons (Fsp3) is 0.600. The Balaban J connectivity index is 2.14. The molecule has 82 valence electrons. The van der Waals surface area contributed by atoms with E-state index in [0.717, 1.165) is 13.1 Å². The number of nitrogens with zero attached hydrogens (tertiary/aromatic N) is 3. The third kappa shape index (κ3) is 2.52. The fourth-order valence-corrected chi connectivity index (χ4v) is 1.97. The Kier molecular flexibility index (Phi) is 3.31. The first-order chi connectivity index (χ1) is 7.16. The molecular weight excluding hydrogens is 261 g/mol. The highest BCUT2D eigenvalue weighted by molar-refractivity contribution is 9.10. The lowest BCUT2D eigenvalue weighted by molar-refractivity contribution is 0.319. The maximum absolute atomic E-state index is 13.3. The van der Waals surface area contributed by atoms with Crippen LogP contribution in [0.15, 0.2) is 4.47 Å². The second-order valence-electron chi connectivity index (χ2n) is 3.81. The van der Waals surface area contributed by atoms with E-state index < -0.39 is 5.95 Å². The Hall–Kier alpha value is -0.550. The van der Waals surface area contributed by atoms with Crippen LogP contribution < -0.4 is 0 Å². The van der Waals surface area contributed by atoms with E-state index in [4.69, 9.17) is 0 Å². The molecule has 1 aliphatic heterocycles. The van der Waals surface area contributed by atoms with Crippen LogP contribution in [0, 0.1) is 12.9 Å². The summed E-state index contributed by atoms with van der Waals surface area (Å²) in [4.78, 5) is 10.3. The molecule has 0 amide bonds. The highest BCUT2D eigenvalue weighted by Gasteiger charge is 2.15. The molecule has 0 spiro atoms. The third-order valence-electron chi connectivity index (χ3n) is 2.59. The third-order valence-corrected chi connectivity index (χ3v) is 3.49. The van der Waals surface area contributed by atoms with Gasteiger partial charge < -0.3 is 0 Å². The maximum atomic E-state index is 13.3. The van der Waals surface area contributed by atoms with E-state index in [1.165, 1.54) is 12.8 Å². The summed E-state index contributed by atoms with van der Waals surface area (Å²) in [6.45, 7) is 4.58. The number of aromatic nitrogens is 2. The molecule has 1 aromatic rings. The van der Waals surface area contributed by atoms with Gasteiger partial charge >= 0.3 is 0 Å². The summed E-state index contributed by atoms with van der Waals surface area (Å²) in [5.41, 5.74) is 0.664. The van der Waals surface area contributed by atoms with Crippen molar-refractivity contribution in [2.24, 2.45) is 0 Å². The molecule has 1 aromatic heterocycles. The quantitative estimate of drug-likeness (QED) is 0.775. The van der Waals surface area contributed by atoms with Gasteiger partial charge in [-0.2, -0.15) is 4.39 Å². The average Bonchev–Trinajstić information content (AvgIpc) is 2.66. The number of aryl methyl sites for hydroxylation is 1. The number of rotatable bonds is 2. The molecule has 0 N–H and O–H groups in total. The molecule has 15 heavy (non-hydrogen) atoms. The van der Waals surface area contributed by atoms with E-state index in [2.05, 4.69) is 30.8 Å². The van der Waals surface area contributed by atoms with Crippen LogP contribution in [0.2, 0.25) is 0 Å². The predicted molar refractivity (Wildman–Crippen MR) is 58.9 cm³/mol. The fourth-order valence-electron chi connectivity index (χ4n) is 1.79. The van der Waals surface area contributed by atoms with Crippen molar-refractivity contribution >= 4 is 15.9 Å². The first kappa shape index (κ1) is 11.0. The summed E-state index contributed by atoms with van der Waals surface area (Å²) >= 11 is 3.11. The molecule has 1 saturated heterocycles. The molecule has 0 saturated carbocycles. The lowest BCUT2D eigenvalue weighted by Gasteiger charge is -2.13. The smallest absolute Gasteiger partial charge is 0.230 e. The van der Waals surface area contributed by atoms with E-state index >= 15 is 0 Å². The molecule has 0 atom stereocenters. The van der Waals surface area contributed by atoms with Crippen LogP contribution >= 0.6 is 15.9 Å². The van der Waals surface area contributed by atoms with E-state index in [9.17, 15) is 4.39 Å². The van der Waals surface area contributed by atoms with E-state index in [0.29, 0.717) is 22.5 Å². The van der Waals surface area contributed by atoms with Gasteiger partial charge in [0.25, 0.3) is 0 Å². The summed E-state index contributed by atoms with van der Waals surface area (Å²) in [5.74, 6) is 0.117. The van der Waals surface area contributed by atoms with Crippen molar-refractivity contribution in [2.45, 2.75) is 26.3 Å². The van der Waals surface area contributed by atoms with Gasteiger partial charge in [-0.3, -0.25) is 4.90 Å². The van der Waals surface area contributed by atoms with Crippen molar-refractivity contribution in [1.82, 2.24) is 14.9 Å². The van der Waals surface area contributed by atoms with Crippen LogP contribution in [-0.4, -0.2) is 28.0 Å². The Morgan fingerprint density at radius 3 is 2.60 bits per heavy atom. The molecule has 0 aliphatic carbocycles. The minimum Gasteiger partial charge on any atom is -0.296 e. The molecule has 0 bridgehead atoms. The summed E-state index contributed by atoms with van der Waals surface area (Å²) in [7, 11) is 0. The minimum absolute atomic E-state index is 0.368. The Morgan fingerprint density at radius 2 is 2.00 bits per heavy atom. The van der Waals surface area contributed by atoms with Crippen LogP contribution in [0.1, 0.15) is 24.4 Å². The highest BCUT2D eigenvalue weighted by Crippen LogP contribution is 2.18. The second-order valence-corrected chi connectivity index (χ2v) is 4.61. The van der Waals surface area contributed by atoms with Crippen LogP contribution in [0.3, 0.4) is 0 Å². The van der Waals surface area contributed by atoms with Crippen molar-refractivity contribution in [3.63, 3.8) is 0 Å². The molecular formula is C10H13BrFN3. The van der Waals surface area contributed by atoms with E-state index in [-0.39, 0.29) is 0 Å². The number of hydrogen-bond acceptors (Lipinski definition) is 3. The molecule has 0 radical (unpaired) electrons. The number of halogens is 2. The van der Waals surface area contributed by atoms with Crippen LogP contribution in [0.4, 0.5) is 4.39 Å². The normalized spacial score (nSPS) is 17.3. The molecule has 0 unspecified atom stereocenters. The van der Waals surface area contributed by atoms with Gasteiger partial charge in [0, 0.05) is 0 Å². The topological polar surface area (TPSA) is 29.0 Å². The summed E-state index contributed by atoms with van der Waals surface area (Å²) in [6.07, 6.45) is 2.44. The maximum Gasteiger partial charge on any atom is 0.230 e. The summed E-state index contributed by atoms with van der Waals surface area (Å²) in [5, 5.41) is 0. The number of hydrogen-bond donors (Lipinski definition) is 0. The van der Waals surface area contributed by atoms with Gasteiger partial charge in [-0.1, -0.05) is 0 Å². The van der Waals surface area contributed by atoms with Crippen LogP contribution in [0.5, 0.6) is 0 Å². The van der Waals surface area contributed by atoms with Gasteiger partial charge in [-0.15, -0.1) is 0 Å².